The van der Waals surface area contributed by atoms with Crippen LogP contribution < -0.4 is 5.32 Å². The second kappa shape index (κ2) is 8.31. The highest BCUT2D eigenvalue weighted by atomic mass is 16.5. The molecule has 6 nitrogen and oxygen atoms in total. The van der Waals surface area contributed by atoms with Gasteiger partial charge in [0.05, 0.1) is 30.5 Å². The van der Waals surface area contributed by atoms with Crippen LogP contribution in [0.25, 0.3) is 0 Å². The molecule has 0 aliphatic rings. The highest BCUT2D eigenvalue weighted by molar-refractivity contribution is 5.90. The van der Waals surface area contributed by atoms with Crippen molar-refractivity contribution in [3.63, 3.8) is 0 Å². The predicted molar refractivity (Wildman–Crippen MR) is 87.5 cm³/mol. The molecule has 0 saturated heterocycles. The third-order valence-corrected chi connectivity index (χ3v) is 5.06. The molecule has 0 aromatic rings. The summed E-state index contributed by atoms with van der Waals surface area (Å²) in [6.07, 6.45) is 0.336. The van der Waals surface area contributed by atoms with Crippen LogP contribution in [0.15, 0.2) is 0 Å². The van der Waals surface area contributed by atoms with Crippen LogP contribution in [0.4, 0.5) is 0 Å². The number of methoxy groups -OCH3 is 1. The average molecular weight is 329 g/mol. The van der Waals surface area contributed by atoms with E-state index in [4.69, 9.17) is 9.47 Å². The van der Waals surface area contributed by atoms with E-state index in [1.54, 1.807) is 34.6 Å². The summed E-state index contributed by atoms with van der Waals surface area (Å²) in [5.74, 6) is -1.54. The molecule has 0 rings (SSSR count). The molecular formula is C17H31NO5. The molecule has 0 aromatic heterocycles. The molecule has 0 radical (unpaired) electrons. The van der Waals surface area contributed by atoms with Crippen molar-refractivity contribution in [2.75, 3.05) is 20.8 Å². The van der Waals surface area contributed by atoms with E-state index >= 15 is 0 Å². The molecule has 23 heavy (non-hydrogen) atoms. The Balaban J connectivity index is 5.67. The number of nitrogens with one attached hydrogen (secondary N) is 1. The molecule has 1 N–H and O–H groups in total. The van der Waals surface area contributed by atoms with Crippen molar-refractivity contribution in [1.82, 2.24) is 5.32 Å². The Morgan fingerprint density at radius 1 is 1.13 bits per heavy atom. The second-order valence-corrected chi connectivity index (χ2v) is 6.75. The molecule has 134 valence electrons. The number of carbonyl (C=O) groups is 3. The summed E-state index contributed by atoms with van der Waals surface area (Å²) in [7, 11) is 2.88. The third kappa shape index (κ3) is 4.45. The van der Waals surface area contributed by atoms with Crippen molar-refractivity contribution in [1.29, 1.82) is 0 Å². The molecule has 0 fully saturated rings. The van der Waals surface area contributed by atoms with Crippen molar-refractivity contribution in [3.8, 4) is 0 Å². The molecule has 0 aromatic carbocycles. The fourth-order valence-corrected chi connectivity index (χ4v) is 2.69. The van der Waals surface area contributed by atoms with Crippen molar-refractivity contribution in [2.24, 2.45) is 22.7 Å². The standard InChI is InChI=1S/C17H31NO5/c1-9-23-15(21)17(6,16(4,5)14(20)18-7)10-11(2)12(3)13(19)22-8/h11-12H,9-10H2,1-8H3,(H,18,20). The third-order valence-electron chi connectivity index (χ3n) is 5.06. The lowest BCUT2D eigenvalue weighted by Gasteiger charge is -2.42. The molecule has 3 unspecified atom stereocenters. The van der Waals surface area contributed by atoms with Gasteiger partial charge in [-0.3, -0.25) is 14.4 Å². The molecule has 0 bridgehead atoms. The summed E-state index contributed by atoms with van der Waals surface area (Å²) in [4.78, 5) is 36.7. The van der Waals surface area contributed by atoms with Crippen molar-refractivity contribution >= 4 is 17.8 Å². The molecule has 0 aliphatic heterocycles. The zero-order chi connectivity index (χ0) is 18.4. The summed E-state index contributed by atoms with van der Waals surface area (Å²) < 4.78 is 10.00. The first-order valence-corrected chi connectivity index (χ1v) is 7.96. The Morgan fingerprint density at radius 3 is 2.04 bits per heavy atom. The van der Waals surface area contributed by atoms with Gasteiger partial charge in [-0.25, -0.2) is 0 Å². The lowest BCUT2D eigenvalue weighted by atomic mass is 9.61. The van der Waals surface area contributed by atoms with E-state index in [2.05, 4.69) is 5.32 Å². The Morgan fingerprint density at radius 2 is 1.65 bits per heavy atom. The van der Waals surface area contributed by atoms with Gasteiger partial charge in [-0.15, -0.1) is 0 Å². The number of amides is 1. The first-order chi connectivity index (χ1) is 10.5. The van der Waals surface area contributed by atoms with Crippen LogP contribution in [0.2, 0.25) is 0 Å². The van der Waals surface area contributed by atoms with Gasteiger partial charge in [-0.2, -0.15) is 0 Å². The van der Waals surface area contributed by atoms with Gasteiger partial charge in [0.25, 0.3) is 0 Å². The number of carbonyl (C=O) groups excluding carboxylic acids is 3. The summed E-state index contributed by atoms with van der Waals surface area (Å²) in [5, 5.41) is 2.61. The smallest absolute Gasteiger partial charge is 0.312 e. The second-order valence-electron chi connectivity index (χ2n) is 6.75. The van der Waals surface area contributed by atoms with E-state index in [1.165, 1.54) is 14.2 Å². The van der Waals surface area contributed by atoms with Crippen LogP contribution >= 0.6 is 0 Å². The highest BCUT2D eigenvalue weighted by Crippen LogP contribution is 2.46. The first kappa shape index (κ1) is 21.4. The Kier molecular flexibility index (Phi) is 7.74. The van der Waals surface area contributed by atoms with Gasteiger partial charge in [0.15, 0.2) is 0 Å². The minimum atomic E-state index is -1.06. The average Bonchev–Trinajstić information content (AvgIpc) is 2.51. The van der Waals surface area contributed by atoms with Gasteiger partial charge >= 0.3 is 11.9 Å². The summed E-state index contributed by atoms with van der Waals surface area (Å²) >= 11 is 0. The first-order valence-electron chi connectivity index (χ1n) is 7.96. The van der Waals surface area contributed by atoms with Crippen molar-refractivity contribution in [3.05, 3.63) is 0 Å². The normalized spacial score (nSPS) is 16.7. The van der Waals surface area contributed by atoms with Crippen LogP contribution in [-0.2, 0) is 23.9 Å². The number of esters is 2. The van der Waals surface area contributed by atoms with Gasteiger partial charge < -0.3 is 14.8 Å². The topological polar surface area (TPSA) is 81.7 Å². The SMILES string of the molecule is CCOC(=O)C(C)(CC(C)C(C)C(=O)OC)C(C)(C)C(=O)NC. The van der Waals surface area contributed by atoms with Gasteiger partial charge in [0.1, 0.15) is 0 Å². The fraction of sp³-hybridized carbons (Fsp3) is 0.824. The van der Waals surface area contributed by atoms with E-state index in [9.17, 15) is 14.4 Å². The van der Waals surface area contributed by atoms with Crippen LogP contribution in [0.3, 0.4) is 0 Å². The molecule has 0 heterocycles. The Labute approximate surface area is 139 Å². The summed E-state index contributed by atoms with van der Waals surface area (Å²) in [6.45, 7) is 10.8. The van der Waals surface area contributed by atoms with E-state index in [0.29, 0.717) is 6.42 Å². The lowest BCUT2D eigenvalue weighted by Crippen LogP contribution is -2.52. The van der Waals surface area contributed by atoms with Crippen molar-refractivity contribution < 1.29 is 23.9 Å². The highest BCUT2D eigenvalue weighted by Gasteiger charge is 2.53. The largest absolute Gasteiger partial charge is 0.469 e. The molecule has 0 spiro atoms. The number of hydrogen-bond acceptors (Lipinski definition) is 5. The molecule has 1 amide bonds. The molecule has 0 saturated carbocycles. The van der Waals surface area contributed by atoms with E-state index in [0.717, 1.165) is 0 Å². The van der Waals surface area contributed by atoms with Gasteiger partial charge in [0, 0.05) is 7.05 Å². The lowest BCUT2D eigenvalue weighted by molar-refractivity contribution is -0.169. The van der Waals surface area contributed by atoms with Gasteiger partial charge in [-0.1, -0.05) is 13.8 Å². The fourth-order valence-electron chi connectivity index (χ4n) is 2.69. The van der Waals surface area contributed by atoms with Crippen LogP contribution in [-0.4, -0.2) is 38.6 Å². The monoisotopic (exact) mass is 329 g/mol. The minimum absolute atomic E-state index is 0.152. The molecule has 0 aliphatic carbocycles. The van der Waals surface area contributed by atoms with E-state index in [1.807, 2.05) is 6.92 Å². The molecular weight excluding hydrogens is 298 g/mol. The predicted octanol–water partition coefficient (Wildman–Crippen LogP) is 2.16. The Bertz CT molecular complexity index is 446. The zero-order valence-corrected chi connectivity index (χ0v) is 15.6. The minimum Gasteiger partial charge on any atom is -0.469 e. The van der Waals surface area contributed by atoms with Crippen LogP contribution in [0.5, 0.6) is 0 Å². The van der Waals surface area contributed by atoms with E-state index < -0.39 is 16.8 Å². The summed E-state index contributed by atoms with van der Waals surface area (Å²) in [5.41, 5.74) is -2.05. The van der Waals surface area contributed by atoms with Crippen LogP contribution in [0, 0.1) is 22.7 Å². The summed E-state index contributed by atoms with van der Waals surface area (Å²) in [6, 6.07) is 0. The number of rotatable bonds is 8. The maximum atomic E-state index is 12.6. The number of ether oxygens (including phenoxy) is 2. The Hall–Kier alpha value is -1.59. The maximum Gasteiger partial charge on any atom is 0.312 e. The van der Waals surface area contributed by atoms with E-state index in [-0.39, 0.29) is 30.3 Å². The number of hydrogen-bond donors (Lipinski definition) is 1. The van der Waals surface area contributed by atoms with Crippen molar-refractivity contribution in [2.45, 2.75) is 48.0 Å². The quantitative estimate of drug-likeness (QED) is 0.690. The van der Waals surface area contributed by atoms with Gasteiger partial charge in [0.2, 0.25) is 5.91 Å². The molecule has 6 heteroatoms. The molecule has 3 atom stereocenters. The zero-order valence-electron chi connectivity index (χ0n) is 15.6. The van der Waals surface area contributed by atoms with Crippen LogP contribution in [0.1, 0.15) is 48.0 Å². The van der Waals surface area contributed by atoms with Gasteiger partial charge in [-0.05, 0) is 40.0 Å². The maximum absolute atomic E-state index is 12.6.